The number of benzene rings is 1. The van der Waals surface area contributed by atoms with E-state index in [4.69, 9.17) is 4.42 Å². The van der Waals surface area contributed by atoms with Crippen LogP contribution < -0.4 is 0 Å². The molecule has 1 aromatic heterocycles. The molecule has 0 bridgehead atoms. The highest BCUT2D eigenvalue weighted by atomic mass is 79.9. The highest BCUT2D eigenvalue weighted by Crippen LogP contribution is 2.19. The van der Waals surface area contributed by atoms with Crippen LogP contribution in [0.15, 0.2) is 33.4 Å². The zero-order valence-corrected chi connectivity index (χ0v) is 6.68. The van der Waals surface area contributed by atoms with Crippen molar-refractivity contribution in [3.63, 3.8) is 0 Å². The number of halogens is 1. The summed E-state index contributed by atoms with van der Waals surface area (Å²) in [4.78, 5) is 0. The topological polar surface area (TPSA) is 13.1 Å². The van der Waals surface area contributed by atoms with Gasteiger partial charge in [0.15, 0.2) is 0 Å². The fourth-order valence-corrected chi connectivity index (χ4v) is 1.24. The molecule has 1 radical (unpaired) electrons. The Bertz CT molecular complexity index is 351. The molecule has 0 aliphatic heterocycles. The van der Waals surface area contributed by atoms with Crippen molar-refractivity contribution in [3.8, 4) is 0 Å². The standard InChI is InChI=1S/C8H4BrO/c9-7-1-2-8-6(5-7)3-4-10-8/h1,3-5H. The van der Waals surface area contributed by atoms with Gasteiger partial charge in [0, 0.05) is 15.9 Å². The molecule has 0 saturated heterocycles. The summed E-state index contributed by atoms with van der Waals surface area (Å²) in [6.07, 6.45) is 1.66. The lowest BCUT2D eigenvalue weighted by molar-refractivity contribution is 0.615. The van der Waals surface area contributed by atoms with Gasteiger partial charge in [0.05, 0.1) is 6.26 Å². The summed E-state index contributed by atoms with van der Waals surface area (Å²) in [5.74, 6) is 0. The lowest BCUT2D eigenvalue weighted by atomic mass is 10.3. The minimum atomic E-state index is 0.809. The first-order valence-corrected chi connectivity index (χ1v) is 3.70. The van der Waals surface area contributed by atoms with Gasteiger partial charge in [-0.3, -0.25) is 0 Å². The van der Waals surface area contributed by atoms with E-state index in [9.17, 15) is 0 Å². The molecule has 0 N–H and O–H groups in total. The van der Waals surface area contributed by atoms with Crippen molar-refractivity contribution in [3.05, 3.63) is 35.0 Å². The zero-order chi connectivity index (χ0) is 6.97. The molecule has 49 valence electrons. The van der Waals surface area contributed by atoms with Gasteiger partial charge >= 0.3 is 0 Å². The van der Waals surface area contributed by atoms with E-state index >= 15 is 0 Å². The van der Waals surface area contributed by atoms with Crippen molar-refractivity contribution in [2.24, 2.45) is 0 Å². The van der Waals surface area contributed by atoms with Crippen LogP contribution in [0.1, 0.15) is 0 Å². The van der Waals surface area contributed by atoms with Gasteiger partial charge in [0.2, 0.25) is 0 Å². The Morgan fingerprint density at radius 1 is 1.50 bits per heavy atom. The molecule has 0 aliphatic rings. The lowest BCUT2D eigenvalue weighted by Gasteiger charge is -1.86. The summed E-state index contributed by atoms with van der Waals surface area (Å²) in [6, 6.07) is 8.73. The van der Waals surface area contributed by atoms with Crippen LogP contribution in [0.25, 0.3) is 11.0 Å². The van der Waals surface area contributed by atoms with E-state index in [1.807, 2.05) is 18.2 Å². The third-order valence-corrected chi connectivity index (χ3v) is 1.79. The van der Waals surface area contributed by atoms with Gasteiger partial charge < -0.3 is 4.42 Å². The lowest BCUT2D eigenvalue weighted by Crippen LogP contribution is -1.63. The van der Waals surface area contributed by atoms with Gasteiger partial charge in [-0.25, -0.2) is 0 Å². The second-order valence-electron chi connectivity index (χ2n) is 2.02. The molecule has 0 saturated carbocycles. The van der Waals surface area contributed by atoms with Gasteiger partial charge in [-0.2, -0.15) is 0 Å². The first kappa shape index (κ1) is 5.98. The maximum Gasteiger partial charge on any atom is 0.141 e. The SMILES string of the molecule is Brc1c[c]c2occc2c1. The zero-order valence-electron chi connectivity index (χ0n) is 5.10. The molecule has 1 nitrogen and oxygen atoms in total. The normalized spacial score (nSPS) is 10.5. The predicted molar refractivity (Wildman–Crippen MR) is 42.8 cm³/mol. The second kappa shape index (κ2) is 2.13. The molecule has 0 spiro atoms. The number of furan rings is 1. The second-order valence-corrected chi connectivity index (χ2v) is 2.94. The first-order chi connectivity index (χ1) is 4.86. The van der Waals surface area contributed by atoms with E-state index in [-0.39, 0.29) is 0 Å². The Morgan fingerprint density at radius 2 is 2.40 bits per heavy atom. The molecule has 0 atom stereocenters. The molecule has 2 heteroatoms. The van der Waals surface area contributed by atoms with Crippen LogP contribution in [0.5, 0.6) is 0 Å². The Hall–Kier alpha value is -0.760. The van der Waals surface area contributed by atoms with E-state index in [1.165, 1.54) is 0 Å². The van der Waals surface area contributed by atoms with E-state index in [0.29, 0.717) is 0 Å². The average molecular weight is 196 g/mol. The third-order valence-electron chi connectivity index (χ3n) is 1.33. The maximum absolute atomic E-state index is 5.10. The monoisotopic (exact) mass is 195 g/mol. The minimum absolute atomic E-state index is 0.809. The van der Waals surface area contributed by atoms with Gasteiger partial charge in [-0.15, -0.1) is 0 Å². The largest absolute Gasteiger partial charge is 0.464 e. The molecule has 10 heavy (non-hydrogen) atoms. The molecule has 1 heterocycles. The molecule has 1 aromatic carbocycles. The highest BCUT2D eigenvalue weighted by molar-refractivity contribution is 9.10. The number of fused-ring (bicyclic) bond motifs is 1. The molecular formula is C8H4BrO. The molecule has 0 fully saturated rings. The van der Waals surface area contributed by atoms with E-state index < -0.39 is 0 Å². The summed E-state index contributed by atoms with van der Waals surface area (Å²) in [6.45, 7) is 0. The van der Waals surface area contributed by atoms with Crippen LogP contribution in [0.3, 0.4) is 0 Å². The number of rotatable bonds is 0. The smallest absolute Gasteiger partial charge is 0.141 e. The minimum Gasteiger partial charge on any atom is -0.464 e. The average Bonchev–Trinajstić information content (AvgIpc) is 2.33. The van der Waals surface area contributed by atoms with Crippen molar-refractivity contribution in [1.82, 2.24) is 0 Å². The number of hydrogen-bond acceptors (Lipinski definition) is 1. The van der Waals surface area contributed by atoms with Crippen LogP contribution >= 0.6 is 15.9 Å². The van der Waals surface area contributed by atoms with Crippen molar-refractivity contribution >= 4 is 26.9 Å². The fraction of sp³-hybridized carbons (Fsp3) is 0. The molecule has 0 aliphatic carbocycles. The number of hydrogen-bond donors (Lipinski definition) is 0. The van der Waals surface area contributed by atoms with Crippen LogP contribution in [-0.2, 0) is 0 Å². The van der Waals surface area contributed by atoms with Crippen molar-refractivity contribution < 1.29 is 4.42 Å². The molecule has 2 rings (SSSR count). The van der Waals surface area contributed by atoms with Crippen LogP contribution in [-0.4, -0.2) is 0 Å². The quantitative estimate of drug-likeness (QED) is 0.631. The molecule has 0 amide bonds. The van der Waals surface area contributed by atoms with Gasteiger partial charge in [-0.05, 0) is 18.2 Å². The molecule has 0 unspecified atom stereocenters. The van der Waals surface area contributed by atoms with Crippen molar-refractivity contribution in [1.29, 1.82) is 0 Å². The maximum atomic E-state index is 5.10. The van der Waals surface area contributed by atoms with Crippen molar-refractivity contribution in [2.45, 2.75) is 0 Å². The van der Waals surface area contributed by atoms with Crippen molar-refractivity contribution in [2.75, 3.05) is 0 Å². The first-order valence-electron chi connectivity index (χ1n) is 2.91. The Labute approximate surface area is 66.8 Å². The van der Waals surface area contributed by atoms with E-state index in [0.717, 1.165) is 15.4 Å². The Balaban J connectivity index is 2.86. The molecular weight excluding hydrogens is 192 g/mol. The predicted octanol–water partition coefficient (Wildman–Crippen LogP) is 3.00. The Morgan fingerprint density at radius 3 is 3.30 bits per heavy atom. The highest BCUT2D eigenvalue weighted by Gasteiger charge is 1.95. The van der Waals surface area contributed by atoms with Gasteiger partial charge in [-0.1, -0.05) is 15.9 Å². The van der Waals surface area contributed by atoms with Crippen LogP contribution in [0.2, 0.25) is 0 Å². The van der Waals surface area contributed by atoms with Gasteiger partial charge in [0.25, 0.3) is 0 Å². The van der Waals surface area contributed by atoms with Crippen LogP contribution in [0, 0.1) is 6.07 Å². The summed E-state index contributed by atoms with van der Waals surface area (Å²) in [5.41, 5.74) is 0.809. The summed E-state index contributed by atoms with van der Waals surface area (Å²) < 4.78 is 6.13. The van der Waals surface area contributed by atoms with Crippen LogP contribution in [0.4, 0.5) is 0 Å². The summed E-state index contributed by atoms with van der Waals surface area (Å²) >= 11 is 3.34. The summed E-state index contributed by atoms with van der Waals surface area (Å²) in [7, 11) is 0. The third kappa shape index (κ3) is 0.847. The van der Waals surface area contributed by atoms with E-state index in [2.05, 4.69) is 22.0 Å². The van der Waals surface area contributed by atoms with E-state index in [1.54, 1.807) is 6.26 Å². The van der Waals surface area contributed by atoms with Gasteiger partial charge in [0.1, 0.15) is 5.58 Å². The summed E-state index contributed by atoms with van der Waals surface area (Å²) in [5, 5.41) is 1.08. The Kier molecular flexibility index (Phi) is 1.27. The fourth-order valence-electron chi connectivity index (χ4n) is 0.875. The molecule has 2 aromatic rings.